The molecule has 0 unspecified atom stereocenters. The smallest absolute Gasteiger partial charge is 0.229 e. The lowest BCUT2D eigenvalue weighted by atomic mass is 9.75. The van der Waals surface area contributed by atoms with Crippen LogP contribution in [0, 0.1) is 12.3 Å². The zero-order valence-electron chi connectivity index (χ0n) is 16.0. The maximum Gasteiger partial charge on any atom is 0.229 e. The van der Waals surface area contributed by atoms with Gasteiger partial charge in [-0.3, -0.25) is 4.79 Å². The van der Waals surface area contributed by atoms with E-state index in [9.17, 15) is 4.79 Å². The lowest BCUT2D eigenvalue weighted by Gasteiger charge is -2.41. The Morgan fingerprint density at radius 2 is 2.11 bits per heavy atom. The number of anilines is 1. The van der Waals surface area contributed by atoms with Crippen LogP contribution >= 0.6 is 0 Å². The Morgan fingerprint density at radius 1 is 1.26 bits per heavy atom. The molecule has 6 heteroatoms. The fourth-order valence-corrected chi connectivity index (χ4v) is 3.23. The fraction of sp³-hybridized carbons (Fsp3) is 0.429. The minimum Gasteiger partial charge on any atom is -0.497 e. The van der Waals surface area contributed by atoms with Crippen molar-refractivity contribution < 1.29 is 9.53 Å². The van der Waals surface area contributed by atoms with Crippen LogP contribution in [0.5, 0.6) is 5.75 Å². The zero-order valence-corrected chi connectivity index (χ0v) is 16.0. The highest BCUT2D eigenvalue weighted by molar-refractivity contribution is 5.84. The molecule has 1 aliphatic rings. The highest BCUT2D eigenvalue weighted by atomic mass is 16.5. The number of ether oxygens (including phenoxy) is 1. The number of methoxy groups -OCH3 is 1. The molecule has 3 N–H and O–H groups in total. The highest BCUT2D eigenvalue weighted by Crippen LogP contribution is 2.29. The van der Waals surface area contributed by atoms with Crippen molar-refractivity contribution in [1.82, 2.24) is 15.6 Å². The summed E-state index contributed by atoms with van der Waals surface area (Å²) in [5.41, 5.74) is 1.90. The summed E-state index contributed by atoms with van der Waals surface area (Å²) < 4.78 is 5.29. The highest BCUT2D eigenvalue weighted by Gasteiger charge is 2.43. The van der Waals surface area contributed by atoms with Crippen LogP contribution in [0.4, 0.5) is 5.82 Å². The molecular formula is C21H28N4O2. The van der Waals surface area contributed by atoms with Gasteiger partial charge in [-0.05, 0) is 49.1 Å². The molecule has 27 heavy (non-hydrogen) atoms. The van der Waals surface area contributed by atoms with E-state index in [2.05, 4.69) is 20.9 Å². The summed E-state index contributed by atoms with van der Waals surface area (Å²) in [4.78, 5) is 17.1. The van der Waals surface area contributed by atoms with E-state index in [4.69, 9.17) is 4.74 Å². The molecule has 0 atom stereocenters. The second-order valence-electron chi connectivity index (χ2n) is 7.17. The van der Waals surface area contributed by atoms with Gasteiger partial charge in [0.2, 0.25) is 5.91 Å². The van der Waals surface area contributed by atoms with Gasteiger partial charge in [0.1, 0.15) is 11.6 Å². The minimum atomic E-state index is -0.363. The van der Waals surface area contributed by atoms with Crippen LogP contribution in [0.2, 0.25) is 0 Å². The first kappa shape index (κ1) is 19.2. The maximum atomic E-state index is 12.8. The van der Waals surface area contributed by atoms with E-state index in [0.29, 0.717) is 26.1 Å². The van der Waals surface area contributed by atoms with Crippen LogP contribution < -0.4 is 20.7 Å². The first-order valence-corrected chi connectivity index (χ1v) is 9.40. The summed E-state index contributed by atoms with van der Waals surface area (Å²) in [7, 11) is 1.66. The van der Waals surface area contributed by atoms with Crippen LogP contribution in [0.25, 0.3) is 0 Å². The van der Waals surface area contributed by atoms with E-state index in [-0.39, 0.29) is 11.3 Å². The monoisotopic (exact) mass is 368 g/mol. The van der Waals surface area contributed by atoms with Crippen LogP contribution in [-0.4, -0.2) is 44.2 Å². The quantitative estimate of drug-likeness (QED) is 0.592. The Labute approximate surface area is 160 Å². The number of amides is 1. The van der Waals surface area contributed by atoms with E-state index in [1.807, 2.05) is 49.5 Å². The van der Waals surface area contributed by atoms with Crippen LogP contribution in [0.1, 0.15) is 17.5 Å². The van der Waals surface area contributed by atoms with Crippen LogP contribution in [-0.2, 0) is 11.2 Å². The maximum absolute atomic E-state index is 12.8. The Balaban J connectivity index is 1.45. The number of aromatic nitrogens is 1. The predicted octanol–water partition coefficient (Wildman–Crippen LogP) is 2.15. The zero-order chi connectivity index (χ0) is 19.1. The molecular weight excluding hydrogens is 340 g/mol. The van der Waals surface area contributed by atoms with Gasteiger partial charge < -0.3 is 20.7 Å². The summed E-state index contributed by atoms with van der Waals surface area (Å²) in [5, 5.41) is 9.62. The average molecular weight is 368 g/mol. The number of nitrogens with zero attached hydrogens (tertiary/aromatic N) is 1. The molecule has 1 aromatic carbocycles. The minimum absolute atomic E-state index is 0.123. The topological polar surface area (TPSA) is 75.3 Å². The number of pyridine rings is 1. The van der Waals surface area contributed by atoms with Gasteiger partial charge in [-0.1, -0.05) is 18.2 Å². The third-order valence-electron chi connectivity index (χ3n) is 4.94. The van der Waals surface area contributed by atoms with Crippen molar-refractivity contribution in [2.75, 3.05) is 38.6 Å². The van der Waals surface area contributed by atoms with Crippen molar-refractivity contribution >= 4 is 11.7 Å². The van der Waals surface area contributed by atoms with Crippen LogP contribution in [0.3, 0.4) is 0 Å². The number of nitrogens with one attached hydrogen (secondary N) is 3. The number of carbonyl (C=O) groups excluding carboxylic acids is 1. The first-order valence-electron chi connectivity index (χ1n) is 9.40. The molecule has 0 aliphatic carbocycles. The first-order chi connectivity index (χ1) is 13.1. The summed E-state index contributed by atoms with van der Waals surface area (Å²) in [6.07, 6.45) is 3.41. The lowest BCUT2D eigenvalue weighted by Crippen LogP contribution is -2.62. The van der Waals surface area contributed by atoms with Crippen molar-refractivity contribution in [3.63, 3.8) is 0 Å². The van der Waals surface area contributed by atoms with Gasteiger partial charge in [0, 0.05) is 32.4 Å². The molecule has 0 radical (unpaired) electrons. The third-order valence-corrected chi connectivity index (χ3v) is 4.94. The van der Waals surface area contributed by atoms with E-state index < -0.39 is 0 Å². The van der Waals surface area contributed by atoms with E-state index >= 15 is 0 Å². The Kier molecular flexibility index (Phi) is 6.29. The van der Waals surface area contributed by atoms with Gasteiger partial charge in [0.05, 0.1) is 12.5 Å². The van der Waals surface area contributed by atoms with Gasteiger partial charge in [-0.15, -0.1) is 0 Å². The SMILES string of the molecule is COc1cccc(CC2(C(=O)NCCCNc3ccc(C)cn3)CNC2)c1. The second kappa shape index (κ2) is 8.86. The average Bonchev–Trinajstić information content (AvgIpc) is 2.66. The number of hydrogen-bond acceptors (Lipinski definition) is 5. The Bertz CT molecular complexity index is 757. The van der Waals surface area contributed by atoms with Crippen LogP contribution in [0.15, 0.2) is 42.6 Å². The molecule has 1 aliphatic heterocycles. The third kappa shape index (κ3) is 4.98. The van der Waals surface area contributed by atoms with Crippen molar-refractivity contribution in [3.05, 3.63) is 53.7 Å². The summed E-state index contributed by atoms with van der Waals surface area (Å²) in [6, 6.07) is 11.9. The fourth-order valence-electron chi connectivity index (χ4n) is 3.23. The molecule has 2 aromatic rings. The number of carbonyl (C=O) groups is 1. The molecule has 2 heterocycles. The second-order valence-corrected chi connectivity index (χ2v) is 7.17. The normalized spacial score (nSPS) is 14.9. The lowest BCUT2D eigenvalue weighted by molar-refractivity contribution is -0.133. The molecule has 1 aromatic heterocycles. The van der Waals surface area contributed by atoms with Crippen molar-refractivity contribution in [3.8, 4) is 5.75 Å². The molecule has 1 saturated heterocycles. The largest absolute Gasteiger partial charge is 0.497 e. The molecule has 1 fully saturated rings. The summed E-state index contributed by atoms with van der Waals surface area (Å²) in [5.74, 6) is 1.81. The van der Waals surface area contributed by atoms with Gasteiger partial charge in [-0.2, -0.15) is 0 Å². The molecule has 6 nitrogen and oxygen atoms in total. The number of rotatable bonds is 9. The molecule has 0 bridgehead atoms. The van der Waals surface area contributed by atoms with Gasteiger partial charge in [0.15, 0.2) is 0 Å². The summed E-state index contributed by atoms with van der Waals surface area (Å²) in [6.45, 7) is 4.86. The van der Waals surface area contributed by atoms with Crippen molar-refractivity contribution in [2.45, 2.75) is 19.8 Å². The predicted molar refractivity (Wildman–Crippen MR) is 107 cm³/mol. The van der Waals surface area contributed by atoms with E-state index in [1.165, 1.54) is 0 Å². The van der Waals surface area contributed by atoms with Gasteiger partial charge in [0.25, 0.3) is 0 Å². The molecule has 144 valence electrons. The molecule has 1 amide bonds. The number of benzene rings is 1. The molecule has 3 rings (SSSR count). The number of aryl methyl sites for hydroxylation is 1. The Hall–Kier alpha value is -2.60. The number of hydrogen-bond donors (Lipinski definition) is 3. The van der Waals surface area contributed by atoms with E-state index in [1.54, 1.807) is 7.11 Å². The van der Waals surface area contributed by atoms with E-state index in [0.717, 1.165) is 35.7 Å². The van der Waals surface area contributed by atoms with Gasteiger partial charge in [-0.25, -0.2) is 4.98 Å². The molecule has 0 saturated carbocycles. The standard InChI is InChI=1S/C21H28N4O2/c1-16-7-8-19(25-13-16)23-9-4-10-24-20(26)21(14-22-15-21)12-17-5-3-6-18(11-17)27-2/h3,5-8,11,13,22H,4,9-10,12,14-15H2,1-2H3,(H,23,25)(H,24,26). The Morgan fingerprint density at radius 3 is 2.78 bits per heavy atom. The summed E-state index contributed by atoms with van der Waals surface area (Å²) >= 11 is 0. The molecule has 0 spiro atoms. The van der Waals surface area contributed by atoms with Gasteiger partial charge >= 0.3 is 0 Å². The van der Waals surface area contributed by atoms with Crippen molar-refractivity contribution in [1.29, 1.82) is 0 Å². The van der Waals surface area contributed by atoms with Crippen molar-refractivity contribution in [2.24, 2.45) is 5.41 Å².